The average molecular weight is 483 g/mol. The number of nitrogens with zero attached hydrogens (tertiary/aromatic N) is 1. The summed E-state index contributed by atoms with van der Waals surface area (Å²) in [4.78, 5) is 13.2. The first-order valence-electron chi connectivity index (χ1n) is 10.7. The van der Waals surface area contributed by atoms with Gasteiger partial charge in [0.25, 0.3) is 0 Å². The molecule has 0 saturated carbocycles. The first-order chi connectivity index (χ1) is 16.1. The molecule has 4 rings (SSSR count). The molecule has 0 saturated heterocycles. The van der Waals surface area contributed by atoms with Crippen LogP contribution in [0.2, 0.25) is 5.02 Å². The fourth-order valence-electron chi connectivity index (χ4n) is 4.44. The summed E-state index contributed by atoms with van der Waals surface area (Å²) in [5.41, 5.74) is 7.87. The second-order valence-electron chi connectivity index (χ2n) is 9.14. The number of ketones is 1. The van der Waals surface area contributed by atoms with Gasteiger partial charge in [0.15, 0.2) is 5.78 Å². The molecule has 34 heavy (non-hydrogen) atoms. The van der Waals surface area contributed by atoms with Gasteiger partial charge in [-0.1, -0.05) is 31.5 Å². The minimum absolute atomic E-state index is 0.00585. The summed E-state index contributed by atoms with van der Waals surface area (Å²) < 4.78 is 30.5. The van der Waals surface area contributed by atoms with Crippen LogP contribution in [-0.4, -0.2) is 12.9 Å². The molecule has 0 aromatic heterocycles. The van der Waals surface area contributed by atoms with Crippen molar-refractivity contribution in [1.29, 1.82) is 5.26 Å². The number of carbonyl (C=O) groups is 1. The van der Waals surface area contributed by atoms with Crippen LogP contribution in [-0.2, 0) is 16.1 Å². The number of carbonyl (C=O) groups excluding carboxylic acids is 1. The Morgan fingerprint density at radius 1 is 1.26 bits per heavy atom. The summed E-state index contributed by atoms with van der Waals surface area (Å²) >= 11 is 5.85. The van der Waals surface area contributed by atoms with Crippen LogP contribution >= 0.6 is 11.6 Å². The highest BCUT2D eigenvalue weighted by Crippen LogP contribution is 2.48. The van der Waals surface area contributed by atoms with Crippen LogP contribution in [0.25, 0.3) is 0 Å². The number of ether oxygens (including phenoxy) is 3. The Labute approximate surface area is 202 Å². The molecule has 2 aromatic carbocycles. The highest BCUT2D eigenvalue weighted by atomic mass is 35.5. The van der Waals surface area contributed by atoms with Gasteiger partial charge in [0.05, 0.1) is 18.1 Å². The fraction of sp³-hybridized carbons (Fsp3) is 0.308. The molecule has 0 radical (unpaired) electrons. The predicted octanol–water partition coefficient (Wildman–Crippen LogP) is 5.52. The third-order valence-electron chi connectivity index (χ3n) is 6.00. The normalized spacial score (nSPS) is 19.3. The number of nitriles is 1. The molecule has 0 amide bonds. The van der Waals surface area contributed by atoms with Gasteiger partial charge in [-0.15, -0.1) is 0 Å². The van der Waals surface area contributed by atoms with Crippen LogP contribution in [0.15, 0.2) is 59.2 Å². The molecule has 0 fully saturated rings. The van der Waals surface area contributed by atoms with Gasteiger partial charge < -0.3 is 19.9 Å². The number of benzene rings is 2. The fourth-order valence-corrected chi connectivity index (χ4v) is 4.61. The summed E-state index contributed by atoms with van der Waals surface area (Å²) in [6.45, 7) is 4.09. The Balaban J connectivity index is 1.74. The number of nitrogens with two attached hydrogens (primary N) is 1. The molecule has 8 heteroatoms. The van der Waals surface area contributed by atoms with E-state index in [0.717, 1.165) is 0 Å². The van der Waals surface area contributed by atoms with Crippen molar-refractivity contribution < 1.29 is 23.4 Å². The van der Waals surface area contributed by atoms with E-state index in [1.54, 1.807) is 12.1 Å². The van der Waals surface area contributed by atoms with Gasteiger partial charge in [-0.2, -0.15) is 5.26 Å². The van der Waals surface area contributed by atoms with Gasteiger partial charge in [0.2, 0.25) is 5.88 Å². The predicted molar refractivity (Wildman–Crippen MR) is 124 cm³/mol. The van der Waals surface area contributed by atoms with Crippen molar-refractivity contribution in [3.63, 3.8) is 0 Å². The first-order valence-corrected chi connectivity index (χ1v) is 11.1. The van der Waals surface area contributed by atoms with E-state index in [1.165, 1.54) is 25.3 Å². The topological polar surface area (TPSA) is 94.6 Å². The second-order valence-corrected chi connectivity index (χ2v) is 9.55. The lowest BCUT2D eigenvalue weighted by Crippen LogP contribution is -2.33. The molecule has 2 aromatic rings. The third-order valence-corrected chi connectivity index (χ3v) is 6.29. The maximum absolute atomic E-state index is 13.5. The molecule has 176 valence electrons. The largest absolute Gasteiger partial charge is 0.496 e. The minimum atomic E-state index is -0.651. The van der Waals surface area contributed by atoms with Gasteiger partial charge in [0, 0.05) is 30.0 Å². The molecule has 2 N–H and O–H groups in total. The molecule has 1 aliphatic carbocycles. The zero-order valence-electron chi connectivity index (χ0n) is 19.1. The monoisotopic (exact) mass is 482 g/mol. The number of hydrogen-bond acceptors (Lipinski definition) is 6. The smallest absolute Gasteiger partial charge is 0.205 e. The minimum Gasteiger partial charge on any atom is -0.496 e. The van der Waals surface area contributed by atoms with E-state index in [9.17, 15) is 14.4 Å². The number of hydrogen-bond donors (Lipinski definition) is 1. The van der Waals surface area contributed by atoms with Gasteiger partial charge in [-0.05, 0) is 35.2 Å². The summed E-state index contributed by atoms with van der Waals surface area (Å²) in [5.74, 6) is 0.217. The van der Waals surface area contributed by atoms with Gasteiger partial charge in [0.1, 0.15) is 41.3 Å². The summed E-state index contributed by atoms with van der Waals surface area (Å²) in [5, 5.41) is 9.80. The number of methoxy groups -OCH3 is 1. The Morgan fingerprint density at radius 2 is 2.03 bits per heavy atom. The molecule has 0 bridgehead atoms. The highest BCUT2D eigenvalue weighted by molar-refractivity contribution is 6.30. The lowest BCUT2D eigenvalue weighted by atomic mass is 9.70. The molecule has 6 nitrogen and oxygen atoms in total. The summed E-state index contributed by atoms with van der Waals surface area (Å²) in [7, 11) is 1.54. The quantitative estimate of drug-likeness (QED) is 0.603. The Hall–Kier alpha value is -3.50. The summed E-state index contributed by atoms with van der Waals surface area (Å²) in [6, 6.07) is 11.6. The number of allylic oxidation sites excluding steroid dienone is 3. The second kappa shape index (κ2) is 9.03. The SMILES string of the molecule is COc1ccc([C@H]2C(C#N)=C(N)OC3=C2C(=O)CC(C)(C)C3)cc1COc1ccc(F)c(Cl)c1. The molecule has 0 unspecified atom stereocenters. The molecular formula is C26H24ClFN2O4. The highest BCUT2D eigenvalue weighted by Gasteiger charge is 2.43. The molecule has 0 spiro atoms. The lowest BCUT2D eigenvalue weighted by molar-refractivity contribution is -0.119. The van der Waals surface area contributed by atoms with Crippen molar-refractivity contribution in [3.05, 3.63) is 81.2 Å². The number of halogens is 2. The van der Waals surface area contributed by atoms with Gasteiger partial charge in [-0.3, -0.25) is 4.79 Å². The average Bonchev–Trinajstić information content (AvgIpc) is 2.78. The molecular weight excluding hydrogens is 459 g/mol. The third kappa shape index (κ3) is 4.46. The first kappa shape index (κ1) is 23.7. The maximum atomic E-state index is 13.5. The van der Waals surface area contributed by atoms with Crippen molar-refractivity contribution in [3.8, 4) is 17.6 Å². The van der Waals surface area contributed by atoms with Crippen LogP contribution in [0, 0.1) is 22.6 Å². The van der Waals surface area contributed by atoms with Crippen molar-refractivity contribution in [2.75, 3.05) is 7.11 Å². The van der Waals surface area contributed by atoms with Crippen LogP contribution in [0.4, 0.5) is 4.39 Å². The standard InChI is InChI=1S/C26H24ClFN2O4/c1-26(2)10-20(31)24-22(11-26)34-25(30)17(12-29)23(24)14-4-7-21(32-3)15(8-14)13-33-16-5-6-19(28)18(27)9-16/h4-9,23H,10-11,13,30H2,1-3H3/t23-/m0/s1. The van der Waals surface area contributed by atoms with Crippen LogP contribution in [0.5, 0.6) is 11.5 Å². The van der Waals surface area contributed by atoms with Gasteiger partial charge >= 0.3 is 0 Å². The van der Waals surface area contributed by atoms with E-state index in [4.69, 9.17) is 31.5 Å². The van der Waals surface area contributed by atoms with Gasteiger partial charge in [-0.25, -0.2) is 4.39 Å². The Kier molecular flexibility index (Phi) is 6.28. The van der Waals surface area contributed by atoms with E-state index >= 15 is 0 Å². The lowest BCUT2D eigenvalue weighted by Gasteiger charge is -2.37. The van der Waals surface area contributed by atoms with Crippen molar-refractivity contribution in [2.45, 2.75) is 39.2 Å². The number of rotatable bonds is 5. The Bertz CT molecular complexity index is 1280. The maximum Gasteiger partial charge on any atom is 0.205 e. The van der Waals surface area contributed by atoms with E-state index in [2.05, 4.69) is 6.07 Å². The molecule has 1 atom stereocenters. The van der Waals surface area contributed by atoms with Crippen LogP contribution in [0.3, 0.4) is 0 Å². The zero-order chi connectivity index (χ0) is 24.6. The van der Waals surface area contributed by atoms with Crippen molar-refractivity contribution >= 4 is 17.4 Å². The van der Waals surface area contributed by atoms with Crippen molar-refractivity contribution in [2.24, 2.45) is 11.1 Å². The van der Waals surface area contributed by atoms with E-state index in [1.807, 2.05) is 19.9 Å². The number of Topliss-reactive ketones (excluding diaryl/α,β-unsaturated/α-hetero) is 1. The zero-order valence-corrected chi connectivity index (χ0v) is 19.8. The van der Waals surface area contributed by atoms with Crippen LogP contribution < -0.4 is 15.2 Å². The molecule has 2 aliphatic rings. The van der Waals surface area contributed by atoms with Crippen LogP contribution in [0.1, 0.15) is 43.7 Å². The molecule has 1 aliphatic heterocycles. The molecule has 1 heterocycles. The summed E-state index contributed by atoms with van der Waals surface area (Å²) in [6.07, 6.45) is 0.892. The van der Waals surface area contributed by atoms with Crippen molar-refractivity contribution in [1.82, 2.24) is 0 Å². The van der Waals surface area contributed by atoms with E-state index < -0.39 is 11.7 Å². The Morgan fingerprint density at radius 3 is 2.71 bits per heavy atom. The van der Waals surface area contributed by atoms with E-state index in [0.29, 0.717) is 46.8 Å². The van der Waals surface area contributed by atoms with E-state index in [-0.39, 0.29) is 34.3 Å².